The molecule has 2 aromatic rings. The van der Waals surface area contributed by atoms with Gasteiger partial charge in [0.1, 0.15) is 13.2 Å². The molecule has 0 radical (unpaired) electrons. The van der Waals surface area contributed by atoms with Crippen LogP contribution in [0.15, 0.2) is 36.4 Å². The Kier molecular flexibility index (Phi) is 4.26. The molecular weight excluding hydrogens is 358 g/mol. The first-order valence-electron chi connectivity index (χ1n) is 9.82. The molecule has 6 nitrogen and oxygen atoms in total. The third-order valence-corrected chi connectivity index (χ3v) is 5.94. The summed E-state index contributed by atoms with van der Waals surface area (Å²) in [5, 5.41) is 3.14. The summed E-state index contributed by atoms with van der Waals surface area (Å²) >= 11 is 0. The standard InChI is InChI=1S/C22H23NO5/c24-21(16-4-3-5-18-20(16)28-14-27-18)23-13-22(8-1-2-9-22)15-6-7-17-19(12-15)26-11-10-25-17/h3-7,12H,1-2,8-11,13-14H2,(H,23,24). The number of amides is 1. The summed E-state index contributed by atoms with van der Waals surface area (Å²) in [6.07, 6.45) is 4.39. The summed E-state index contributed by atoms with van der Waals surface area (Å²) < 4.78 is 22.3. The zero-order valence-corrected chi connectivity index (χ0v) is 15.7. The van der Waals surface area contributed by atoms with Gasteiger partial charge in [0.2, 0.25) is 6.79 Å². The van der Waals surface area contributed by atoms with Crippen LogP contribution in [0.3, 0.4) is 0 Å². The monoisotopic (exact) mass is 381 g/mol. The Labute approximate surface area is 163 Å². The summed E-state index contributed by atoms with van der Waals surface area (Å²) in [7, 11) is 0. The molecule has 0 aromatic heterocycles. The van der Waals surface area contributed by atoms with Crippen molar-refractivity contribution in [3.8, 4) is 23.0 Å². The maximum absolute atomic E-state index is 12.9. The van der Waals surface area contributed by atoms with E-state index in [0.717, 1.165) is 37.2 Å². The molecular formula is C22H23NO5. The molecule has 1 saturated carbocycles. The van der Waals surface area contributed by atoms with E-state index >= 15 is 0 Å². The fraction of sp³-hybridized carbons (Fsp3) is 0.409. The normalized spacial score (nSPS) is 18.7. The van der Waals surface area contributed by atoms with Crippen molar-refractivity contribution in [3.05, 3.63) is 47.5 Å². The van der Waals surface area contributed by atoms with E-state index in [1.165, 1.54) is 5.56 Å². The minimum Gasteiger partial charge on any atom is -0.486 e. The smallest absolute Gasteiger partial charge is 0.255 e. The summed E-state index contributed by atoms with van der Waals surface area (Å²) in [6, 6.07) is 11.6. The summed E-state index contributed by atoms with van der Waals surface area (Å²) in [5.74, 6) is 2.61. The van der Waals surface area contributed by atoms with Crippen molar-refractivity contribution in [1.29, 1.82) is 0 Å². The molecule has 1 N–H and O–H groups in total. The molecule has 0 saturated heterocycles. The first kappa shape index (κ1) is 17.2. The fourth-order valence-corrected chi connectivity index (χ4v) is 4.45. The van der Waals surface area contributed by atoms with Crippen LogP contribution in [0.1, 0.15) is 41.6 Å². The van der Waals surface area contributed by atoms with Crippen LogP contribution in [-0.4, -0.2) is 32.5 Å². The fourth-order valence-electron chi connectivity index (χ4n) is 4.45. The van der Waals surface area contributed by atoms with Crippen LogP contribution in [0.2, 0.25) is 0 Å². The molecule has 2 aromatic carbocycles. The molecule has 146 valence electrons. The highest BCUT2D eigenvalue weighted by Gasteiger charge is 2.37. The molecule has 2 heterocycles. The van der Waals surface area contributed by atoms with Gasteiger partial charge in [-0.15, -0.1) is 0 Å². The molecule has 0 atom stereocenters. The number of hydrogen-bond donors (Lipinski definition) is 1. The van der Waals surface area contributed by atoms with Gasteiger partial charge >= 0.3 is 0 Å². The van der Waals surface area contributed by atoms with Gasteiger partial charge in [0.25, 0.3) is 5.91 Å². The van der Waals surface area contributed by atoms with Gasteiger partial charge in [-0.1, -0.05) is 25.0 Å². The third kappa shape index (κ3) is 2.93. The van der Waals surface area contributed by atoms with Crippen LogP contribution in [0, 0.1) is 0 Å². The lowest BCUT2D eigenvalue weighted by atomic mass is 9.78. The Morgan fingerprint density at radius 2 is 1.75 bits per heavy atom. The molecule has 6 heteroatoms. The second-order valence-corrected chi connectivity index (χ2v) is 7.57. The predicted molar refractivity (Wildman–Crippen MR) is 102 cm³/mol. The number of rotatable bonds is 4. The van der Waals surface area contributed by atoms with Gasteiger partial charge in [0, 0.05) is 12.0 Å². The van der Waals surface area contributed by atoms with Gasteiger partial charge in [0.15, 0.2) is 23.0 Å². The van der Waals surface area contributed by atoms with Crippen LogP contribution < -0.4 is 24.3 Å². The topological polar surface area (TPSA) is 66.0 Å². The Bertz CT molecular complexity index is 904. The largest absolute Gasteiger partial charge is 0.486 e. The van der Waals surface area contributed by atoms with Crippen LogP contribution in [0.5, 0.6) is 23.0 Å². The van der Waals surface area contributed by atoms with Crippen molar-refractivity contribution < 1.29 is 23.7 Å². The van der Waals surface area contributed by atoms with Gasteiger partial charge < -0.3 is 24.3 Å². The third-order valence-electron chi connectivity index (χ3n) is 5.94. The molecule has 0 bridgehead atoms. The number of carbonyl (C=O) groups excluding carboxylic acids is 1. The van der Waals surface area contributed by atoms with Crippen molar-refractivity contribution in [2.45, 2.75) is 31.1 Å². The second kappa shape index (κ2) is 6.93. The summed E-state index contributed by atoms with van der Waals surface area (Å²) in [6.45, 7) is 1.89. The van der Waals surface area contributed by atoms with Crippen LogP contribution in [-0.2, 0) is 5.41 Å². The Hall–Kier alpha value is -2.89. The zero-order chi connectivity index (χ0) is 19.0. The lowest BCUT2D eigenvalue weighted by Crippen LogP contribution is -2.39. The Balaban J connectivity index is 1.38. The number of ether oxygens (including phenoxy) is 4. The molecule has 0 spiro atoms. The van der Waals surface area contributed by atoms with Gasteiger partial charge in [-0.25, -0.2) is 0 Å². The first-order chi connectivity index (χ1) is 13.8. The SMILES string of the molecule is O=C(NCC1(c2ccc3c(c2)OCCO3)CCCC1)c1cccc2c1OCO2. The van der Waals surface area contributed by atoms with Crippen LogP contribution >= 0.6 is 0 Å². The molecule has 5 rings (SSSR count). The second-order valence-electron chi connectivity index (χ2n) is 7.57. The number of para-hydroxylation sites is 1. The van der Waals surface area contributed by atoms with Crippen molar-refractivity contribution in [1.82, 2.24) is 5.32 Å². The van der Waals surface area contributed by atoms with E-state index in [4.69, 9.17) is 18.9 Å². The van der Waals surface area contributed by atoms with Crippen LogP contribution in [0.25, 0.3) is 0 Å². The minimum absolute atomic E-state index is 0.0825. The molecule has 3 aliphatic rings. The van der Waals surface area contributed by atoms with E-state index in [1.807, 2.05) is 18.2 Å². The highest BCUT2D eigenvalue weighted by atomic mass is 16.7. The van der Waals surface area contributed by atoms with Crippen molar-refractivity contribution >= 4 is 5.91 Å². The van der Waals surface area contributed by atoms with Gasteiger partial charge in [-0.2, -0.15) is 0 Å². The predicted octanol–water partition coefficient (Wildman–Crippen LogP) is 3.43. The number of hydrogen-bond acceptors (Lipinski definition) is 5. The molecule has 2 aliphatic heterocycles. The molecule has 1 aliphatic carbocycles. The Morgan fingerprint density at radius 3 is 2.61 bits per heavy atom. The number of nitrogens with one attached hydrogen (secondary N) is 1. The van der Waals surface area contributed by atoms with E-state index < -0.39 is 0 Å². The maximum atomic E-state index is 12.9. The molecule has 1 fully saturated rings. The Morgan fingerprint density at radius 1 is 0.929 bits per heavy atom. The summed E-state index contributed by atoms with van der Waals surface area (Å²) in [4.78, 5) is 12.9. The number of benzene rings is 2. The van der Waals surface area contributed by atoms with Gasteiger partial charge in [-0.05, 0) is 42.7 Å². The average molecular weight is 381 g/mol. The van der Waals surface area contributed by atoms with Gasteiger partial charge in [0.05, 0.1) is 5.56 Å². The van der Waals surface area contributed by atoms with Crippen molar-refractivity contribution in [3.63, 3.8) is 0 Å². The quantitative estimate of drug-likeness (QED) is 0.879. The maximum Gasteiger partial charge on any atom is 0.255 e. The van der Waals surface area contributed by atoms with E-state index in [0.29, 0.717) is 36.8 Å². The minimum atomic E-state index is -0.133. The van der Waals surface area contributed by atoms with E-state index in [-0.39, 0.29) is 18.1 Å². The molecule has 28 heavy (non-hydrogen) atoms. The van der Waals surface area contributed by atoms with Gasteiger partial charge in [-0.3, -0.25) is 4.79 Å². The zero-order valence-electron chi connectivity index (χ0n) is 15.7. The number of fused-ring (bicyclic) bond motifs is 2. The van der Waals surface area contributed by atoms with Crippen LogP contribution in [0.4, 0.5) is 0 Å². The highest BCUT2D eigenvalue weighted by Crippen LogP contribution is 2.44. The molecule has 0 unspecified atom stereocenters. The molecule has 1 amide bonds. The number of carbonyl (C=O) groups is 1. The van der Waals surface area contributed by atoms with E-state index in [9.17, 15) is 4.79 Å². The van der Waals surface area contributed by atoms with E-state index in [1.54, 1.807) is 6.07 Å². The van der Waals surface area contributed by atoms with Crippen molar-refractivity contribution in [2.24, 2.45) is 0 Å². The summed E-state index contributed by atoms with van der Waals surface area (Å²) in [5.41, 5.74) is 1.64. The van der Waals surface area contributed by atoms with E-state index in [2.05, 4.69) is 17.4 Å². The van der Waals surface area contributed by atoms with Crippen molar-refractivity contribution in [2.75, 3.05) is 26.6 Å². The lowest BCUT2D eigenvalue weighted by Gasteiger charge is -2.31. The highest BCUT2D eigenvalue weighted by molar-refractivity contribution is 5.98. The average Bonchev–Trinajstić information content (AvgIpc) is 3.41. The lowest BCUT2D eigenvalue weighted by molar-refractivity contribution is 0.0938. The first-order valence-corrected chi connectivity index (χ1v) is 9.82.